The number of allylic oxidation sites excluding steroid dienone is 7. The number of fused-ring (bicyclic) bond motifs is 1. The lowest BCUT2D eigenvalue weighted by molar-refractivity contribution is 0.0973. The molecule has 0 bridgehead atoms. The van der Waals surface area contributed by atoms with Crippen molar-refractivity contribution < 1.29 is 14.3 Å². The molecule has 2 aromatic rings. The molecule has 0 aliphatic heterocycles. The van der Waals surface area contributed by atoms with E-state index in [1.54, 1.807) is 25.1 Å². The van der Waals surface area contributed by atoms with Crippen LogP contribution in [-0.2, 0) is 0 Å². The Morgan fingerprint density at radius 3 is 2.03 bits per heavy atom. The highest BCUT2D eigenvalue weighted by Gasteiger charge is 2.28. The number of ketones is 2. The zero-order chi connectivity index (χ0) is 26.1. The fourth-order valence-electron chi connectivity index (χ4n) is 4.33. The smallest absolute Gasteiger partial charge is 0.190 e. The quantitative estimate of drug-likeness (QED) is 0.301. The van der Waals surface area contributed by atoms with Gasteiger partial charge in [0.2, 0.25) is 0 Å². The second-order valence-electron chi connectivity index (χ2n) is 9.85. The van der Waals surface area contributed by atoms with Gasteiger partial charge in [0, 0.05) is 22.3 Å². The van der Waals surface area contributed by atoms with Gasteiger partial charge in [-0.05, 0) is 90.0 Å². The van der Waals surface area contributed by atoms with Crippen LogP contribution in [0.25, 0.3) is 0 Å². The Bertz CT molecular complexity index is 1240. The average molecular weight is 483 g/mol. The number of ether oxygens (including phenoxy) is 1. The minimum absolute atomic E-state index is 0.0184. The number of benzene rings is 2. The van der Waals surface area contributed by atoms with Crippen LogP contribution in [0.3, 0.4) is 0 Å². The molecule has 1 aliphatic rings. The van der Waals surface area contributed by atoms with E-state index in [0.717, 1.165) is 31.4 Å². The molecule has 0 aromatic heterocycles. The summed E-state index contributed by atoms with van der Waals surface area (Å²) in [6, 6.07) is 15.2. The molecular formula is C33H38O3. The van der Waals surface area contributed by atoms with Crippen molar-refractivity contribution in [3.05, 3.63) is 111 Å². The maximum Gasteiger partial charge on any atom is 0.190 e. The molecule has 0 heterocycles. The van der Waals surface area contributed by atoms with Gasteiger partial charge in [-0.15, -0.1) is 0 Å². The van der Waals surface area contributed by atoms with E-state index in [-0.39, 0.29) is 11.6 Å². The zero-order valence-electron chi connectivity index (χ0n) is 22.3. The molecule has 36 heavy (non-hydrogen) atoms. The highest BCUT2D eigenvalue weighted by atomic mass is 16.5. The Labute approximate surface area is 216 Å². The normalized spacial score (nSPS) is 14.9. The topological polar surface area (TPSA) is 43.4 Å². The number of rotatable bonds is 11. The summed E-state index contributed by atoms with van der Waals surface area (Å²) in [5, 5.41) is 0. The third-order valence-electron chi connectivity index (χ3n) is 6.66. The van der Waals surface area contributed by atoms with E-state index in [1.165, 1.54) is 22.3 Å². The van der Waals surface area contributed by atoms with Gasteiger partial charge in [-0.25, -0.2) is 0 Å². The summed E-state index contributed by atoms with van der Waals surface area (Å²) in [5.41, 5.74) is 7.32. The average Bonchev–Trinajstić information content (AvgIpc) is 2.86. The van der Waals surface area contributed by atoms with Gasteiger partial charge in [-0.1, -0.05) is 65.8 Å². The summed E-state index contributed by atoms with van der Waals surface area (Å²) in [6.07, 6.45) is 11.1. The van der Waals surface area contributed by atoms with Crippen molar-refractivity contribution in [2.75, 3.05) is 6.61 Å². The van der Waals surface area contributed by atoms with E-state index in [0.29, 0.717) is 35.3 Å². The minimum Gasteiger partial charge on any atom is -0.489 e. The van der Waals surface area contributed by atoms with Crippen molar-refractivity contribution in [1.29, 1.82) is 0 Å². The maximum atomic E-state index is 12.9. The molecule has 0 saturated carbocycles. The summed E-state index contributed by atoms with van der Waals surface area (Å²) < 4.78 is 5.87. The van der Waals surface area contributed by atoms with E-state index in [4.69, 9.17) is 4.74 Å². The highest BCUT2D eigenvalue weighted by Crippen LogP contribution is 2.28. The molecule has 0 radical (unpaired) electrons. The van der Waals surface area contributed by atoms with Crippen molar-refractivity contribution in [2.24, 2.45) is 0 Å². The van der Waals surface area contributed by atoms with Crippen LogP contribution in [0.2, 0.25) is 0 Å². The standard InChI is InChI=1S/C33H38O3/c1-23(12-9-15-26(4)22-36-28-16-10-14-25(3)21-28)11-8-13-24(2)19-20-29-27(5)32(34)30-17-6-7-18-31(30)33(29)35/h6-7,10-11,14-19,21H,8-9,12-13,20,22H2,1-5H3/b23-11+,24-19+,26-15+. The fraction of sp³-hybridized carbons (Fsp3) is 0.333. The molecule has 0 unspecified atom stereocenters. The lowest BCUT2D eigenvalue weighted by atomic mass is 9.83. The second kappa shape index (κ2) is 13.0. The molecule has 0 amide bonds. The zero-order valence-corrected chi connectivity index (χ0v) is 22.3. The van der Waals surface area contributed by atoms with Gasteiger partial charge in [-0.2, -0.15) is 0 Å². The molecule has 1 aliphatic carbocycles. The van der Waals surface area contributed by atoms with E-state index >= 15 is 0 Å². The summed E-state index contributed by atoms with van der Waals surface area (Å²) in [4.78, 5) is 25.6. The lowest BCUT2D eigenvalue weighted by Crippen LogP contribution is -2.20. The predicted octanol–water partition coefficient (Wildman–Crippen LogP) is 8.56. The molecule has 0 saturated heterocycles. The molecule has 3 rings (SSSR count). The number of carbonyl (C=O) groups is 2. The predicted molar refractivity (Wildman–Crippen MR) is 149 cm³/mol. The van der Waals surface area contributed by atoms with Gasteiger partial charge in [0.1, 0.15) is 12.4 Å². The number of hydrogen-bond donors (Lipinski definition) is 0. The molecule has 0 N–H and O–H groups in total. The maximum absolute atomic E-state index is 12.9. The van der Waals surface area contributed by atoms with Crippen LogP contribution in [0.4, 0.5) is 0 Å². The molecule has 188 valence electrons. The summed E-state index contributed by atoms with van der Waals surface area (Å²) >= 11 is 0. The van der Waals surface area contributed by atoms with Gasteiger partial charge in [0.05, 0.1) is 0 Å². The molecular weight excluding hydrogens is 444 g/mol. The van der Waals surface area contributed by atoms with Gasteiger partial charge < -0.3 is 4.74 Å². The largest absolute Gasteiger partial charge is 0.489 e. The van der Waals surface area contributed by atoms with Gasteiger partial charge >= 0.3 is 0 Å². The van der Waals surface area contributed by atoms with Gasteiger partial charge in [0.25, 0.3) is 0 Å². The van der Waals surface area contributed by atoms with Crippen LogP contribution in [-0.4, -0.2) is 18.2 Å². The van der Waals surface area contributed by atoms with Crippen molar-refractivity contribution in [3.63, 3.8) is 0 Å². The van der Waals surface area contributed by atoms with Crippen molar-refractivity contribution in [3.8, 4) is 5.75 Å². The number of hydrogen-bond acceptors (Lipinski definition) is 3. The van der Waals surface area contributed by atoms with Crippen LogP contribution in [0, 0.1) is 6.92 Å². The molecule has 3 nitrogen and oxygen atoms in total. The van der Waals surface area contributed by atoms with Crippen molar-refractivity contribution >= 4 is 11.6 Å². The SMILES string of the molecule is CC1=C(C/C=C(\C)CC/C=C(\C)CC/C=C(\C)COc2cccc(C)c2)C(=O)c2ccccc2C1=O. The van der Waals surface area contributed by atoms with Crippen LogP contribution >= 0.6 is 0 Å². The van der Waals surface area contributed by atoms with Crippen LogP contribution in [0.15, 0.2) is 94.6 Å². The fourth-order valence-corrected chi connectivity index (χ4v) is 4.33. The van der Waals surface area contributed by atoms with Crippen LogP contribution < -0.4 is 4.74 Å². The molecule has 0 fully saturated rings. The number of aryl methyl sites for hydroxylation is 1. The minimum atomic E-state index is -0.0316. The van der Waals surface area contributed by atoms with Gasteiger partial charge in [0.15, 0.2) is 11.6 Å². The number of carbonyl (C=O) groups excluding carboxylic acids is 2. The lowest BCUT2D eigenvalue weighted by Gasteiger charge is -2.18. The Morgan fingerprint density at radius 1 is 0.750 bits per heavy atom. The first-order valence-corrected chi connectivity index (χ1v) is 12.8. The van der Waals surface area contributed by atoms with Crippen LogP contribution in [0.1, 0.15) is 86.1 Å². The molecule has 0 atom stereocenters. The van der Waals surface area contributed by atoms with E-state index < -0.39 is 0 Å². The summed E-state index contributed by atoms with van der Waals surface area (Å²) in [7, 11) is 0. The Morgan fingerprint density at radius 2 is 1.36 bits per heavy atom. The van der Waals surface area contributed by atoms with Crippen molar-refractivity contribution in [1.82, 2.24) is 0 Å². The Hall–Kier alpha value is -3.46. The van der Waals surface area contributed by atoms with E-state index in [2.05, 4.69) is 58.1 Å². The van der Waals surface area contributed by atoms with Crippen LogP contribution in [0.5, 0.6) is 5.75 Å². The first kappa shape index (κ1) is 27.1. The first-order chi connectivity index (χ1) is 17.3. The Balaban J connectivity index is 1.43. The molecule has 3 heteroatoms. The Kier molecular flexibility index (Phi) is 9.81. The van der Waals surface area contributed by atoms with Gasteiger partial charge in [-0.3, -0.25) is 9.59 Å². The molecule has 0 spiro atoms. The number of Topliss-reactive ketones (excluding diaryl/α,β-unsaturated/α-hetero) is 2. The van der Waals surface area contributed by atoms with Crippen molar-refractivity contribution in [2.45, 2.75) is 66.7 Å². The third-order valence-corrected chi connectivity index (χ3v) is 6.66. The second-order valence-corrected chi connectivity index (χ2v) is 9.85. The molecule has 2 aromatic carbocycles. The van der Waals surface area contributed by atoms with E-state index in [9.17, 15) is 9.59 Å². The first-order valence-electron chi connectivity index (χ1n) is 12.8. The monoisotopic (exact) mass is 482 g/mol. The highest BCUT2D eigenvalue weighted by molar-refractivity contribution is 6.26. The summed E-state index contributed by atoms with van der Waals surface area (Å²) in [5.74, 6) is 0.865. The van der Waals surface area contributed by atoms with E-state index in [1.807, 2.05) is 18.2 Å². The summed E-state index contributed by atoms with van der Waals surface area (Å²) in [6.45, 7) is 10.9. The third kappa shape index (κ3) is 7.52.